The van der Waals surface area contributed by atoms with Crippen LogP contribution in [-0.2, 0) is 0 Å². The monoisotopic (exact) mass is 216 g/mol. The highest BCUT2D eigenvalue weighted by atomic mass is 32.2. The van der Waals surface area contributed by atoms with E-state index in [-0.39, 0.29) is 0 Å². The van der Waals surface area contributed by atoms with E-state index in [4.69, 9.17) is 5.73 Å². The number of nitrogen functional groups attached to an aromatic ring is 1. The van der Waals surface area contributed by atoms with E-state index < -0.39 is 0 Å². The maximum absolute atomic E-state index is 5.57. The summed E-state index contributed by atoms with van der Waals surface area (Å²) in [5, 5.41) is 0.967. The highest BCUT2D eigenvalue weighted by Gasteiger charge is 1.98. The van der Waals surface area contributed by atoms with Crippen molar-refractivity contribution in [2.24, 2.45) is 0 Å². The van der Waals surface area contributed by atoms with Gasteiger partial charge >= 0.3 is 0 Å². The van der Waals surface area contributed by atoms with Gasteiger partial charge in [0.25, 0.3) is 0 Å². The van der Waals surface area contributed by atoms with Crippen LogP contribution in [0.1, 0.15) is 5.56 Å². The lowest BCUT2D eigenvalue weighted by Gasteiger charge is -2.01. The number of hydrogen-bond donors (Lipinski definition) is 1. The van der Waals surface area contributed by atoms with Crippen molar-refractivity contribution in [2.75, 3.05) is 5.73 Å². The normalized spacial score (nSPS) is 10.2. The standard InChI is InChI=1S/C12H12N2S/c1-9-3-2-4-11(7-9)15-12-6-5-10(13)8-14-12/h2-8H,13H2,1H3. The Morgan fingerprint density at radius 1 is 1.20 bits per heavy atom. The summed E-state index contributed by atoms with van der Waals surface area (Å²) >= 11 is 1.64. The van der Waals surface area contributed by atoms with Crippen LogP contribution in [0.15, 0.2) is 52.5 Å². The fourth-order valence-corrected chi connectivity index (χ4v) is 2.13. The summed E-state index contributed by atoms with van der Waals surface area (Å²) in [4.78, 5) is 5.44. The second-order valence-corrected chi connectivity index (χ2v) is 4.44. The van der Waals surface area contributed by atoms with E-state index in [1.165, 1.54) is 10.5 Å². The summed E-state index contributed by atoms with van der Waals surface area (Å²) in [6.07, 6.45) is 1.68. The molecule has 2 rings (SSSR count). The molecule has 2 nitrogen and oxygen atoms in total. The van der Waals surface area contributed by atoms with Gasteiger partial charge in [-0.15, -0.1) is 0 Å². The number of pyridine rings is 1. The molecule has 2 N–H and O–H groups in total. The first-order valence-corrected chi connectivity index (χ1v) is 5.52. The van der Waals surface area contributed by atoms with E-state index in [1.807, 2.05) is 12.1 Å². The zero-order valence-corrected chi connectivity index (χ0v) is 9.29. The molecule has 0 aliphatic heterocycles. The highest BCUT2D eigenvalue weighted by Crippen LogP contribution is 2.26. The summed E-state index contributed by atoms with van der Waals surface area (Å²) in [5.41, 5.74) is 7.53. The quantitative estimate of drug-likeness (QED) is 0.838. The minimum Gasteiger partial charge on any atom is -0.397 e. The molecule has 1 aromatic carbocycles. The fraction of sp³-hybridized carbons (Fsp3) is 0.0833. The number of benzene rings is 1. The number of aryl methyl sites for hydroxylation is 1. The molecule has 0 bridgehead atoms. The van der Waals surface area contributed by atoms with E-state index in [0.29, 0.717) is 5.69 Å². The zero-order valence-electron chi connectivity index (χ0n) is 8.47. The van der Waals surface area contributed by atoms with Gasteiger partial charge in [-0.25, -0.2) is 4.98 Å². The first-order valence-electron chi connectivity index (χ1n) is 4.70. The summed E-state index contributed by atoms with van der Waals surface area (Å²) in [7, 11) is 0. The zero-order chi connectivity index (χ0) is 10.7. The molecule has 0 spiro atoms. The van der Waals surface area contributed by atoms with Gasteiger partial charge in [-0.1, -0.05) is 29.5 Å². The predicted octanol–water partition coefficient (Wildman–Crippen LogP) is 3.12. The number of nitrogens with zero attached hydrogens (tertiary/aromatic N) is 1. The second-order valence-electron chi connectivity index (χ2n) is 3.35. The van der Waals surface area contributed by atoms with Crippen LogP contribution < -0.4 is 5.73 Å². The molecule has 0 radical (unpaired) electrons. The second kappa shape index (κ2) is 4.36. The molecule has 0 saturated heterocycles. The van der Waals surface area contributed by atoms with Crippen molar-refractivity contribution in [1.29, 1.82) is 0 Å². The molecule has 1 aromatic heterocycles. The lowest BCUT2D eigenvalue weighted by atomic mass is 10.2. The van der Waals surface area contributed by atoms with Gasteiger partial charge in [-0.05, 0) is 31.2 Å². The molecule has 0 atom stereocenters. The number of hydrogen-bond acceptors (Lipinski definition) is 3. The van der Waals surface area contributed by atoms with Crippen LogP contribution in [0.5, 0.6) is 0 Å². The van der Waals surface area contributed by atoms with E-state index in [0.717, 1.165) is 5.03 Å². The molecule has 1 heterocycles. The van der Waals surface area contributed by atoms with Crippen molar-refractivity contribution in [3.05, 3.63) is 48.2 Å². The van der Waals surface area contributed by atoms with E-state index in [9.17, 15) is 0 Å². The minimum atomic E-state index is 0.698. The molecule has 76 valence electrons. The van der Waals surface area contributed by atoms with Crippen molar-refractivity contribution in [2.45, 2.75) is 16.8 Å². The van der Waals surface area contributed by atoms with Crippen LogP contribution in [0.3, 0.4) is 0 Å². The summed E-state index contributed by atoms with van der Waals surface area (Å²) in [6, 6.07) is 12.2. The average Bonchev–Trinajstić information content (AvgIpc) is 2.22. The topological polar surface area (TPSA) is 38.9 Å². The van der Waals surface area contributed by atoms with E-state index >= 15 is 0 Å². The molecule has 0 fully saturated rings. The van der Waals surface area contributed by atoms with Crippen molar-refractivity contribution < 1.29 is 0 Å². The summed E-state index contributed by atoms with van der Waals surface area (Å²) in [5.74, 6) is 0. The van der Waals surface area contributed by atoms with Crippen LogP contribution in [0.25, 0.3) is 0 Å². The fourth-order valence-electron chi connectivity index (χ4n) is 1.25. The average molecular weight is 216 g/mol. The Hall–Kier alpha value is -1.48. The van der Waals surface area contributed by atoms with Gasteiger partial charge in [0.2, 0.25) is 0 Å². The molecule has 0 saturated carbocycles. The van der Waals surface area contributed by atoms with Crippen molar-refractivity contribution in [3.63, 3.8) is 0 Å². The van der Waals surface area contributed by atoms with Crippen molar-refractivity contribution >= 4 is 17.4 Å². The predicted molar refractivity (Wildman–Crippen MR) is 64.0 cm³/mol. The van der Waals surface area contributed by atoms with Gasteiger partial charge in [-0.2, -0.15) is 0 Å². The third-order valence-corrected chi connectivity index (χ3v) is 2.91. The lowest BCUT2D eigenvalue weighted by Crippen LogP contribution is -1.86. The Morgan fingerprint density at radius 2 is 2.07 bits per heavy atom. The largest absolute Gasteiger partial charge is 0.397 e. The Balaban J connectivity index is 2.18. The molecule has 0 aliphatic carbocycles. The molecule has 0 aliphatic rings. The molecular weight excluding hydrogens is 204 g/mol. The van der Waals surface area contributed by atoms with Gasteiger partial charge in [-0.3, -0.25) is 0 Å². The summed E-state index contributed by atoms with van der Waals surface area (Å²) < 4.78 is 0. The first kappa shape index (κ1) is 10.1. The number of rotatable bonds is 2. The maximum atomic E-state index is 5.57. The van der Waals surface area contributed by atoms with Crippen molar-refractivity contribution in [1.82, 2.24) is 4.98 Å². The molecule has 3 heteroatoms. The SMILES string of the molecule is Cc1cccc(Sc2ccc(N)cn2)c1. The number of nitrogens with two attached hydrogens (primary N) is 1. The number of anilines is 1. The van der Waals surface area contributed by atoms with E-state index in [1.54, 1.807) is 18.0 Å². The lowest BCUT2D eigenvalue weighted by molar-refractivity contribution is 1.13. The Kier molecular flexibility index (Phi) is 2.92. The Labute approximate surface area is 93.5 Å². The van der Waals surface area contributed by atoms with E-state index in [2.05, 4.69) is 36.2 Å². The minimum absolute atomic E-state index is 0.698. The molecular formula is C12H12N2S. The Bertz CT molecular complexity index is 451. The van der Waals surface area contributed by atoms with Crippen molar-refractivity contribution in [3.8, 4) is 0 Å². The third-order valence-electron chi connectivity index (χ3n) is 1.97. The maximum Gasteiger partial charge on any atom is 0.101 e. The molecule has 0 amide bonds. The van der Waals surface area contributed by atoms with Gasteiger partial charge in [0.05, 0.1) is 11.9 Å². The van der Waals surface area contributed by atoms with Gasteiger partial charge in [0.15, 0.2) is 0 Å². The molecule has 0 unspecified atom stereocenters. The van der Waals surface area contributed by atoms with Gasteiger partial charge < -0.3 is 5.73 Å². The summed E-state index contributed by atoms with van der Waals surface area (Å²) in [6.45, 7) is 2.08. The highest BCUT2D eigenvalue weighted by molar-refractivity contribution is 7.99. The third kappa shape index (κ3) is 2.73. The van der Waals surface area contributed by atoms with Gasteiger partial charge in [0, 0.05) is 4.90 Å². The first-order chi connectivity index (χ1) is 7.24. The van der Waals surface area contributed by atoms with Crippen LogP contribution in [0.4, 0.5) is 5.69 Å². The van der Waals surface area contributed by atoms with Crippen LogP contribution in [0.2, 0.25) is 0 Å². The van der Waals surface area contributed by atoms with Crippen LogP contribution in [0, 0.1) is 6.92 Å². The smallest absolute Gasteiger partial charge is 0.101 e. The van der Waals surface area contributed by atoms with Crippen LogP contribution >= 0.6 is 11.8 Å². The number of aromatic nitrogens is 1. The molecule has 15 heavy (non-hydrogen) atoms. The molecule has 2 aromatic rings. The van der Waals surface area contributed by atoms with Gasteiger partial charge in [0.1, 0.15) is 5.03 Å². The van der Waals surface area contributed by atoms with Crippen LogP contribution in [-0.4, -0.2) is 4.98 Å². The Morgan fingerprint density at radius 3 is 2.73 bits per heavy atom.